The minimum Gasteiger partial charge on any atom is -0.331 e. The fraction of sp³-hybridized carbons (Fsp3) is 0.125. The molecule has 2 aromatic rings. The number of thiocarbonyl (C=S) groups is 1. The van der Waals surface area contributed by atoms with Crippen LogP contribution in [0, 0.1) is 24.0 Å². The normalized spacial score (nSPS) is 10.1. The fourth-order valence-electron chi connectivity index (χ4n) is 2.15. The molecular formula is C16H14ClN3O3S. The second kappa shape index (κ2) is 7.37. The number of hydrogen-bond acceptors (Lipinski definition) is 4. The van der Waals surface area contributed by atoms with Crippen LogP contribution in [0.1, 0.15) is 21.5 Å². The molecule has 24 heavy (non-hydrogen) atoms. The van der Waals surface area contributed by atoms with Crippen LogP contribution in [-0.2, 0) is 0 Å². The van der Waals surface area contributed by atoms with Gasteiger partial charge in [0, 0.05) is 17.7 Å². The number of non-ortho nitro benzene ring substituents is 1. The molecular weight excluding hydrogens is 350 g/mol. The van der Waals surface area contributed by atoms with Gasteiger partial charge in [0.2, 0.25) is 0 Å². The number of benzene rings is 2. The fourth-order valence-corrected chi connectivity index (χ4v) is 2.58. The quantitative estimate of drug-likeness (QED) is 0.489. The zero-order chi connectivity index (χ0) is 17.9. The van der Waals surface area contributed by atoms with Gasteiger partial charge in [-0.15, -0.1) is 0 Å². The lowest BCUT2D eigenvalue weighted by Crippen LogP contribution is -2.34. The van der Waals surface area contributed by atoms with E-state index in [0.29, 0.717) is 11.3 Å². The van der Waals surface area contributed by atoms with Crippen LogP contribution in [0.25, 0.3) is 0 Å². The highest BCUT2D eigenvalue weighted by molar-refractivity contribution is 7.80. The third-order valence-electron chi connectivity index (χ3n) is 3.12. The number of carbonyl (C=O) groups excluding carboxylic acids is 1. The zero-order valence-electron chi connectivity index (χ0n) is 12.9. The number of halogens is 1. The Bertz CT molecular complexity index is 819. The average Bonchev–Trinajstić information content (AvgIpc) is 2.48. The molecule has 0 unspecified atom stereocenters. The van der Waals surface area contributed by atoms with Gasteiger partial charge in [-0.2, -0.15) is 0 Å². The number of hydrogen-bond donors (Lipinski definition) is 2. The van der Waals surface area contributed by atoms with Crippen LogP contribution in [0.2, 0.25) is 5.02 Å². The molecule has 8 heteroatoms. The maximum atomic E-state index is 12.2. The molecule has 0 atom stereocenters. The standard InChI is InChI=1S/C16H14ClN3O3S/c1-9-5-10(2)7-11(6-9)15(21)19-16(24)18-14-4-3-12(20(22)23)8-13(14)17/h3-8H,1-2H3,(H2,18,19,21,24). The number of nitrogens with one attached hydrogen (secondary N) is 2. The first-order valence-electron chi connectivity index (χ1n) is 6.91. The minimum atomic E-state index is -0.546. The first kappa shape index (κ1) is 17.8. The molecule has 0 aliphatic carbocycles. The Morgan fingerprint density at radius 2 is 1.79 bits per heavy atom. The summed E-state index contributed by atoms with van der Waals surface area (Å²) in [6, 6.07) is 9.40. The van der Waals surface area contributed by atoms with Gasteiger partial charge in [0.05, 0.1) is 15.6 Å². The number of aryl methyl sites for hydroxylation is 2. The molecule has 2 rings (SSSR count). The Morgan fingerprint density at radius 1 is 1.17 bits per heavy atom. The van der Waals surface area contributed by atoms with E-state index in [9.17, 15) is 14.9 Å². The highest BCUT2D eigenvalue weighted by Crippen LogP contribution is 2.26. The number of rotatable bonds is 3. The molecule has 0 saturated carbocycles. The van der Waals surface area contributed by atoms with Gasteiger partial charge in [0.1, 0.15) is 0 Å². The van der Waals surface area contributed by atoms with Crippen LogP contribution in [-0.4, -0.2) is 15.9 Å². The van der Waals surface area contributed by atoms with E-state index < -0.39 is 4.92 Å². The summed E-state index contributed by atoms with van der Waals surface area (Å²) in [5.74, 6) is -0.350. The van der Waals surface area contributed by atoms with Crippen molar-refractivity contribution in [2.45, 2.75) is 13.8 Å². The van der Waals surface area contributed by atoms with E-state index in [1.165, 1.54) is 18.2 Å². The molecule has 0 saturated heterocycles. The van der Waals surface area contributed by atoms with Gasteiger partial charge in [0.25, 0.3) is 11.6 Å². The van der Waals surface area contributed by atoms with Crippen LogP contribution in [0.5, 0.6) is 0 Å². The number of nitrogens with zero attached hydrogens (tertiary/aromatic N) is 1. The molecule has 0 bridgehead atoms. The predicted molar refractivity (Wildman–Crippen MR) is 97.7 cm³/mol. The highest BCUT2D eigenvalue weighted by atomic mass is 35.5. The Balaban J connectivity index is 2.08. The topological polar surface area (TPSA) is 84.3 Å². The number of carbonyl (C=O) groups is 1. The van der Waals surface area contributed by atoms with E-state index >= 15 is 0 Å². The molecule has 0 radical (unpaired) electrons. The van der Waals surface area contributed by atoms with Crippen molar-refractivity contribution in [1.82, 2.24) is 5.32 Å². The lowest BCUT2D eigenvalue weighted by molar-refractivity contribution is -0.384. The molecule has 2 N–H and O–H groups in total. The summed E-state index contributed by atoms with van der Waals surface area (Å²) in [7, 11) is 0. The second-order valence-corrected chi connectivity index (χ2v) is 6.02. The molecule has 124 valence electrons. The van der Waals surface area contributed by atoms with Crippen molar-refractivity contribution in [3.05, 3.63) is 68.2 Å². The second-order valence-electron chi connectivity index (χ2n) is 5.21. The first-order chi connectivity index (χ1) is 11.3. The van der Waals surface area contributed by atoms with Crippen LogP contribution in [0.4, 0.5) is 11.4 Å². The van der Waals surface area contributed by atoms with E-state index in [0.717, 1.165) is 11.1 Å². The summed E-state index contributed by atoms with van der Waals surface area (Å²) in [5.41, 5.74) is 2.67. The Hall–Kier alpha value is -2.51. The smallest absolute Gasteiger partial charge is 0.271 e. The molecule has 2 aromatic carbocycles. The lowest BCUT2D eigenvalue weighted by Gasteiger charge is -2.11. The average molecular weight is 364 g/mol. The summed E-state index contributed by atoms with van der Waals surface area (Å²) < 4.78 is 0. The third-order valence-corrected chi connectivity index (χ3v) is 3.64. The Kier molecular flexibility index (Phi) is 5.48. The minimum absolute atomic E-state index is 0.0508. The largest absolute Gasteiger partial charge is 0.331 e. The van der Waals surface area contributed by atoms with E-state index in [4.69, 9.17) is 23.8 Å². The summed E-state index contributed by atoms with van der Waals surface area (Å²) in [6.07, 6.45) is 0. The predicted octanol–water partition coefficient (Wildman–Crippen LogP) is 3.99. The summed E-state index contributed by atoms with van der Waals surface area (Å²) in [6.45, 7) is 3.80. The molecule has 0 fully saturated rings. The lowest BCUT2D eigenvalue weighted by atomic mass is 10.1. The zero-order valence-corrected chi connectivity index (χ0v) is 14.5. The van der Waals surface area contributed by atoms with Gasteiger partial charge in [0.15, 0.2) is 5.11 Å². The van der Waals surface area contributed by atoms with Gasteiger partial charge in [-0.05, 0) is 44.3 Å². The van der Waals surface area contributed by atoms with Crippen LogP contribution in [0.15, 0.2) is 36.4 Å². The molecule has 0 spiro atoms. The van der Waals surface area contributed by atoms with Crippen molar-refractivity contribution in [2.75, 3.05) is 5.32 Å². The van der Waals surface area contributed by atoms with Gasteiger partial charge in [-0.3, -0.25) is 20.2 Å². The van der Waals surface area contributed by atoms with Crippen molar-refractivity contribution in [1.29, 1.82) is 0 Å². The highest BCUT2D eigenvalue weighted by Gasteiger charge is 2.12. The molecule has 0 heterocycles. The summed E-state index contributed by atoms with van der Waals surface area (Å²) in [4.78, 5) is 22.4. The van der Waals surface area contributed by atoms with E-state index in [2.05, 4.69) is 10.6 Å². The molecule has 0 aliphatic heterocycles. The number of nitro benzene ring substituents is 1. The van der Waals surface area contributed by atoms with Crippen molar-refractivity contribution >= 4 is 46.2 Å². The summed E-state index contributed by atoms with van der Waals surface area (Å²) >= 11 is 11.1. The van der Waals surface area contributed by atoms with Crippen LogP contribution >= 0.6 is 23.8 Å². The molecule has 1 amide bonds. The molecule has 6 nitrogen and oxygen atoms in total. The van der Waals surface area contributed by atoms with Gasteiger partial charge < -0.3 is 5.32 Å². The Labute approximate surface area is 149 Å². The van der Waals surface area contributed by atoms with Crippen LogP contribution in [0.3, 0.4) is 0 Å². The third kappa shape index (κ3) is 4.50. The van der Waals surface area contributed by atoms with Gasteiger partial charge >= 0.3 is 0 Å². The van der Waals surface area contributed by atoms with Crippen molar-refractivity contribution in [2.24, 2.45) is 0 Å². The Morgan fingerprint density at radius 3 is 2.33 bits per heavy atom. The van der Waals surface area contributed by atoms with E-state index in [-0.39, 0.29) is 21.7 Å². The van der Waals surface area contributed by atoms with E-state index in [1.807, 2.05) is 19.9 Å². The van der Waals surface area contributed by atoms with E-state index in [1.54, 1.807) is 12.1 Å². The van der Waals surface area contributed by atoms with Crippen molar-refractivity contribution < 1.29 is 9.72 Å². The SMILES string of the molecule is Cc1cc(C)cc(C(=O)NC(=S)Nc2ccc([N+](=O)[O-])cc2Cl)c1. The number of amides is 1. The van der Waals surface area contributed by atoms with Gasteiger partial charge in [-0.25, -0.2) is 0 Å². The summed E-state index contributed by atoms with van der Waals surface area (Å²) in [5, 5.41) is 16.2. The monoisotopic (exact) mass is 363 g/mol. The van der Waals surface area contributed by atoms with Gasteiger partial charge in [-0.1, -0.05) is 28.8 Å². The maximum absolute atomic E-state index is 12.2. The first-order valence-corrected chi connectivity index (χ1v) is 7.69. The maximum Gasteiger partial charge on any atom is 0.271 e. The van der Waals surface area contributed by atoms with Crippen molar-refractivity contribution in [3.63, 3.8) is 0 Å². The van der Waals surface area contributed by atoms with Crippen LogP contribution < -0.4 is 10.6 Å². The molecule has 0 aliphatic rings. The molecule has 0 aromatic heterocycles. The van der Waals surface area contributed by atoms with Crippen molar-refractivity contribution in [3.8, 4) is 0 Å². The number of nitro groups is 1. The number of anilines is 1.